The molecule has 0 aromatic heterocycles. The molecular weight excluding hydrogens is 442 g/mol. The molecule has 1 saturated heterocycles. The van der Waals surface area contributed by atoms with Crippen molar-refractivity contribution in [2.24, 2.45) is 5.92 Å². The Balaban J connectivity index is 2.04. The Hall–Kier alpha value is -3.12. The molecule has 1 atom stereocenters. The molecule has 0 bridgehead atoms. The second kappa shape index (κ2) is 11.5. The van der Waals surface area contributed by atoms with Gasteiger partial charge in [0.2, 0.25) is 0 Å². The van der Waals surface area contributed by atoms with E-state index >= 15 is 0 Å². The molecule has 1 aliphatic heterocycles. The lowest BCUT2D eigenvalue weighted by molar-refractivity contribution is -0.140. The van der Waals surface area contributed by atoms with Gasteiger partial charge in [-0.15, -0.1) is 0 Å². The van der Waals surface area contributed by atoms with Crippen LogP contribution in [0.15, 0.2) is 48.0 Å². The third-order valence-corrected chi connectivity index (χ3v) is 6.05. The predicted molar refractivity (Wildman–Crippen MR) is 137 cm³/mol. The summed E-state index contributed by atoms with van der Waals surface area (Å²) in [7, 11) is 0. The van der Waals surface area contributed by atoms with Crippen molar-refractivity contribution in [1.82, 2.24) is 4.90 Å². The van der Waals surface area contributed by atoms with Crippen molar-refractivity contribution >= 4 is 17.4 Å². The number of nitrogens with zero attached hydrogens (tertiary/aromatic N) is 1. The van der Waals surface area contributed by atoms with Crippen molar-refractivity contribution in [3.05, 3.63) is 70.3 Å². The smallest absolute Gasteiger partial charge is 0.295 e. The lowest BCUT2D eigenvalue weighted by Crippen LogP contribution is -2.33. The minimum Gasteiger partial charge on any atom is -0.507 e. The summed E-state index contributed by atoms with van der Waals surface area (Å²) in [5.41, 5.74) is 3.35. The normalized spacial score (nSPS) is 17.6. The highest BCUT2D eigenvalue weighted by atomic mass is 16.5. The predicted octanol–water partition coefficient (Wildman–Crippen LogP) is 5.44. The number of ether oxygens (including phenoxy) is 2. The summed E-state index contributed by atoms with van der Waals surface area (Å²) in [5.74, 6) is -0.379. The lowest BCUT2D eigenvalue weighted by atomic mass is 9.94. The SMILES string of the molecule is CCc1ccc(C2/C(=C(/O)c3ccc(OCC(C)C)c(C)c3)C(=O)C(=O)N2CCOC(C)C)cc1. The molecule has 1 N–H and O–H groups in total. The van der Waals surface area contributed by atoms with Crippen LogP contribution in [0, 0.1) is 12.8 Å². The second-order valence-corrected chi connectivity index (χ2v) is 9.69. The molecule has 6 heteroatoms. The first-order valence-corrected chi connectivity index (χ1v) is 12.4. The van der Waals surface area contributed by atoms with Crippen LogP contribution in [-0.4, -0.2) is 47.6 Å². The molecule has 0 radical (unpaired) electrons. The Bertz CT molecular complexity index is 1080. The number of aliphatic hydroxyl groups excluding tert-OH is 1. The van der Waals surface area contributed by atoms with Gasteiger partial charge in [-0.05, 0) is 68.0 Å². The fraction of sp³-hybridized carbons (Fsp3) is 0.448. The number of aryl methyl sites for hydroxylation is 2. The van der Waals surface area contributed by atoms with Gasteiger partial charge in [-0.1, -0.05) is 45.0 Å². The maximum absolute atomic E-state index is 13.2. The molecule has 1 heterocycles. The largest absolute Gasteiger partial charge is 0.507 e. The van der Waals surface area contributed by atoms with Crippen LogP contribution < -0.4 is 4.74 Å². The third-order valence-electron chi connectivity index (χ3n) is 6.05. The molecule has 6 nitrogen and oxygen atoms in total. The number of likely N-dealkylation sites (tertiary alicyclic amines) is 1. The standard InChI is InChI=1S/C29H37NO5/c1-7-21-8-10-22(11-9-21)26-25(28(32)29(33)30(26)14-15-34-19(4)5)27(31)23-12-13-24(20(6)16-23)35-17-18(2)3/h8-13,16,18-19,26,31H,7,14-15,17H2,1-6H3/b27-25-. The van der Waals surface area contributed by atoms with Crippen molar-refractivity contribution in [1.29, 1.82) is 0 Å². The average Bonchev–Trinajstić information content (AvgIpc) is 3.07. The van der Waals surface area contributed by atoms with E-state index < -0.39 is 17.7 Å². The van der Waals surface area contributed by atoms with Gasteiger partial charge in [-0.25, -0.2) is 0 Å². The maximum atomic E-state index is 13.2. The summed E-state index contributed by atoms with van der Waals surface area (Å²) < 4.78 is 11.5. The first kappa shape index (κ1) is 26.5. The van der Waals surface area contributed by atoms with Crippen molar-refractivity contribution < 1.29 is 24.2 Å². The van der Waals surface area contributed by atoms with E-state index in [4.69, 9.17) is 9.47 Å². The van der Waals surface area contributed by atoms with Gasteiger partial charge in [0.25, 0.3) is 11.7 Å². The molecule has 3 rings (SSSR count). The van der Waals surface area contributed by atoms with E-state index in [9.17, 15) is 14.7 Å². The van der Waals surface area contributed by atoms with Gasteiger partial charge in [-0.3, -0.25) is 9.59 Å². The Morgan fingerprint density at radius 1 is 1.06 bits per heavy atom. The first-order valence-electron chi connectivity index (χ1n) is 12.4. The number of carbonyl (C=O) groups is 2. The molecule has 1 fully saturated rings. The number of hydrogen-bond donors (Lipinski definition) is 1. The molecule has 35 heavy (non-hydrogen) atoms. The Kier molecular flexibility index (Phi) is 8.73. The number of carbonyl (C=O) groups excluding carboxylic acids is 2. The van der Waals surface area contributed by atoms with Crippen LogP contribution in [0.4, 0.5) is 0 Å². The number of hydrogen-bond acceptors (Lipinski definition) is 5. The summed E-state index contributed by atoms with van der Waals surface area (Å²) in [6.45, 7) is 13.1. The van der Waals surface area contributed by atoms with Crippen LogP contribution in [0.3, 0.4) is 0 Å². The Labute approximate surface area is 208 Å². The highest BCUT2D eigenvalue weighted by molar-refractivity contribution is 6.46. The zero-order chi connectivity index (χ0) is 25.7. The number of Topliss-reactive ketones (excluding diaryl/α,β-unsaturated/α-hetero) is 1. The van der Waals surface area contributed by atoms with Crippen LogP contribution >= 0.6 is 0 Å². The molecule has 0 saturated carbocycles. The fourth-order valence-corrected chi connectivity index (χ4v) is 4.15. The lowest BCUT2D eigenvalue weighted by Gasteiger charge is -2.26. The van der Waals surface area contributed by atoms with Crippen molar-refractivity contribution in [3.63, 3.8) is 0 Å². The van der Waals surface area contributed by atoms with Crippen LogP contribution in [0.5, 0.6) is 5.75 Å². The summed E-state index contributed by atoms with van der Waals surface area (Å²) >= 11 is 0. The summed E-state index contributed by atoms with van der Waals surface area (Å²) in [6.07, 6.45) is 0.890. The van der Waals surface area contributed by atoms with Crippen LogP contribution in [0.2, 0.25) is 0 Å². The fourth-order valence-electron chi connectivity index (χ4n) is 4.15. The average molecular weight is 480 g/mol. The summed E-state index contributed by atoms with van der Waals surface area (Å²) in [4.78, 5) is 27.8. The topological polar surface area (TPSA) is 76.1 Å². The zero-order valence-electron chi connectivity index (χ0n) is 21.6. The molecule has 188 valence electrons. The molecule has 2 aromatic carbocycles. The third kappa shape index (κ3) is 6.12. The van der Waals surface area contributed by atoms with E-state index in [2.05, 4.69) is 20.8 Å². The van der Waals surface area contributed by atoms with Gasteiger partial charge in [-0.2, -0.15) is 0 Å². The Morgan fingerprint density at radius 3 is 2.31 bits per heavy atom. The van der Waals surface area contributed by atoms with E-state index in [0.717, 1.165) is 28.9 Å². The minimum absolute atomic E-state index is 0.00788. The van der Waals surface area contributed by atoms with Gasteiger partial charge in [0, 0.05) is 12.1 Å². The van der Waals surface area contributed by atoms with Crippen molar-refractivity contribution in [2.45, 2.75) is 60.1 Å². The highest BCUT2D eigenvalue weighted by Gasteiger charge is 2.45. The van der Waals surface area contributed by atoms with E-state index in [1.165, 1.54) is 4.90 Å². The number of aliphatic hydroxyl groups is 1. The van der Waals surface area contributed by atoms with Crippen molar-refractivity contribution in [2.75, 3.05) is 19.8 Å². The zero-order valence-corrected chi connectivity index (χ0v) is 21.6. The summed E-state index contributed by atoms with van der Waals surface area (Å²) in [5, 5.41) is 11.3. The molecule has 1 amide bonds. The molecule has 0 spiro atoms. The quantitative estimate of drug-likeness (QED) is 0.279. The molecule has 2 aromatic rings. The minimum atomic E-state index is -0.686. The molecule has 1 unspecified atom stereocenters. The van der Waals surface area contributed by atoms with E-state index in [1.807, 2.05) is 45.0 Å². The highest BCUT2D eigenvalue weighted by Crippen LogP contribution is 2.39. The summed E-state index contributed by atoms with van der Waals surface area (Å²) in [6, 6.07) is 12.5. The van der Waals surface area contributed by atoms with E-state index in [-0.39, 0.29) is 24.0 Å². The van der Waals surface area contributed by atoms with Gasteiger partial charge >= 0.3 is 0 Å². The van der Waals surface area contributed by atoms with Crippen LogP contribution in [-0.2, 0) is 20.7 Å². The Morgan fingerprint density at radius 2 is 1.74 bits per heavy atom. The maximum Gasteiger partial charge on any atom is 0.295 e. The van der Waals surface area contributed by atoms with Gasteiger partial charge in [0.15, 0.2) is 0 Å². The number of rotatable bonds is 10. The first-order chi connectivity index (χ1) is 16.6. The van der Waals surface area contributed by atoms with Crippen LogP contribution in [0.25, 0.3) is 5.76 Å². The number of benzene rings is 2. The van der Waals surface area contributed by atoms with Gasteiger partial charge in [0.05, 0.1) is 30.9 Å². The van der Waals surface area contributed by atoms with Gasteiger partial charge in [0.1, 0.15) is 11.5 Å². The van der Waals surface area contributed by atoms with Crippen LogP contribution in [0.1, 0.15) is 62.9 Å². The van der Waals surface area contributed by atoms with Crippen molar-refractivity contribution in [3.8, 4) is 5.75 Å². The molecule has 0 aliphatic carbocycles. The monoisotopic (exact) mass is 479 g/mol. The van der Waals surface area contributed by atoms with E-state index in [1.54, 1.807) is 18.2 Å². The number of ketones is 1. The number of amides is 1. The van der Waals surface area contributed by atoms with Gasteiger partial charge < -0.3 is 19.5 Å². The molecular formula is C29H37NO5. The second-order valence-electron chi connectivity index (χ2n) is 9.69. The molecule has 1 aliphatic rings. The van der Waals surface area contributed by atoms with E-state index in [0.29, 0.717) is 24.7 Å².